The first-order valence-electron chi connectivity index (χ1n) is 4.96. The Bertz CT molecular complexity index is 613. The van der Waals surface area contributed by atoms with Crippen LogP contribution in [0.5, 0.6) is 0 Å². The second-order valence-electron chi connectivity index (χ2n) is 3.58. The van der Waals surface area contributed by atoms with Gasteiger partial charge in [-0.3, -0.25) is 0 Å². The van der Waals surface area contributed by atoms with Crippen LogP contribution in [0, 0.1) is 5.82 Å². The highest BCUT2D eigenvalue weighted by atomic mass is 32.2. The summed E-state index contributed by atoms with van der Waals surface area (Å²) in [6.07, 6.45) is 0.0490. The van der Waals surface area contributed by atoms with E-state index in [1.165, 1.54) is 12.1 Å². The minimum Gasteiger partial charge on any atom is -0.229 e. The van der Waals surface area contributed by atoms with Crippen molar-refractivity contribution in [3.8, 4) is 0 Å². The number of rotatable bonds is 6. The van der Waals surface area contributed by atoms with Gasteiger partial charge < -0.3 is 0 Å². The highest BCUT2D eigenvalue weighted by molar-refractivity contribution is 7.89. The molecule has 3 N–H and O–H groups in total. The van der Waals surface area contributed by atoms with Crippen LogP contribution < -0.4 is 9.86 Å². The van der Waals surface area contributed by atoms with E-state index in [1.54, 1.807) is 0 Å². The first-order chi connectivity index (χ1) is 8.21. The first-order valence-corrected chi connectivity index (χ1v) is 8.16. The van der Waals surface area contributed by atoms with Crippen LogP contribution in [0.25, 0.3) is 0 Å². The van der Waals surface area contributed by atoms with Gasteiger partial charge in [-0.25, -0.2) is 31.1 Å². The predicted molar refractivity (Wildman–Crippen MR) is 64.2 cm³/mol. The molecule has 18 heavy (non-hydrogen) atoms. The molecule has 0 heterocycles. The molecular weight excluding hydrogens is 283 g/mol. The Kier molecular flexibility index (Phi) is 4.79. The van der Waals surface area contributed by atoms with Crippen LogP contribution in [-0.2, 0) is 20.0 Å². The van der Waals surface area contributed by atoms with Gasteiger partial charge in [0.05, 0.1) is 10.6 Å². The van der Waals surface area contributed by atoms with Gasteiger partial charge in [0.1, 0.15) is 5.82 Å². The van der Waals surface area contributed by atoms with Gasteiger partial charge in [-0.2, -0.15) is 0 Å². The van der Waals surface area contributed by atoms with Crippen LogP contribution in [0.4, 0.5) is 4.39 Å². The molecule has 0 bridgehead atoms. The molecule has 0 amide bonds. The van der Waals surface area contributed by atoms with Crippen LogP contribution in [0.2, 0.25) is 0 Å². The van der Waals surface area contributed by atoms with Crippen molar-refractivity contribution in [2.45, 2.75) is 11.3 Å². The van der Waals surface area contributed by atoms with E-state index in [9.17, 15) is 21.2 Å². The zero-order valence-corrected chi connectivity index (χ0v) is 11.0. The van der Waals surface area contributed by atoms with Crippen molar-refractivity contribution < 1.29 is 21.2 Å². The number of nitrogens with two attached hydrogens (primary N) is 1. The highest BCUT2D eigenvalue weighted by Crippen LogP contribution is 2.09. The van der Waals surface area contributed by atoms with E-state index in [-0.39, 0.29) is 23.6 Å². The van der Waals surface area contributed by atoms with Gasteiger partial charge in [0.15, 0.2) is 0 Å². The summed E-state index contributed by atoms with van der Waals surface area (Å²) in [7, 11) is -7.43. The monoisotopic (exact) mass is 296 g/mol. The summed E-state index contributed by atoms with van der Waals surface area (Å²) >= 11 is 0. The number of sulfonamides is 2. The summed E-state index contributed by atoms with van der Waals surface area (Å²) in [5.74, 6) is -0.985. The van der Waals surface area contributed by atoms with Gasteiger partial charge in [0.25, 0.3) is 0 Å². The molecule has 0 spiro atoms. The van der Waals surface area contributed by atoms with Gasteiger partial charge in [0, 0.05) is 6.54 Å². The molecule has 0 aromatic heterocycles. The maximum atomic E-state index is 12.9. The molecule has 1 aromatic rings. The molecule has 0 aliphatic carbocycles. The van der Waals surface area contributed by atoms with Gasteiger partial charge >= 0.3 is 0 Å². The third-order valence-electron chi connectivity index (χ3n) is 2.00. The van der Waals surface area contributed by atoms with E-state index in [0.29, 0.717) is 0 Å². The van der Waals surface area contributed by atoms with E-state index in [4.69, 9.17) is 5.14 Å². The van der Waals surface area contributed by atoms with Gasteiger partial charge in [-0.15, -0.1) is 0 Å². The van der Waals surface area contributed by atoms with Crippen molar-refractivity contribution in [1.82, 2.24) is 4.72 Å². The summed E-state index contributed by atoms with van der Waals surface area (Å²) in [6.45, 7) is -0.0880. The van der Waals surface area contributed by atoms with Crippen molar-refractivity contribution in [2.75, 3.05) is 12.3 Å². The Morgan fingerprint density at radius 2 is 1.89 bits per heavy atom. The minimum atomic E-state index is -3.83. The minimum absolute atomic E-state index is 0.0490. The van der Waals surface area contributed by atoms with Crippen molar-refractivity contribution in [1.29, 1.82) is 0 Å². The van der Waals surface area contributed by atoms with E-state index in [0.717, 1.165) is 12.1 Å². The zero-order valence-electron chi connectivity index (χ0n) is 9.34. The number of hydrogen-bond acceptors (Lipinski definition) is 4. The Morgan fingerprint density at radius 3 is 2.44 bits per heavy atom. The Labute approximate surface area is 105 Å². The largest absolute Gasteiger partial charge is 0.240 e. The molecule has 0 atom stereocenters. The van der Waals surface area contributed by atoms with E-state index < -0.39 is 25.9 Å². The van der Waals surface area contributed by atoms with Crippen molar-refractivity contribution in [2.24, 2.45) is 5.14 Å². The van der Waals surface area contributed by atoms with Crippen LogP contribution in [0.15, 0.2) is 29.2 Å². The molecule has 0 fully saturated rings. The Morgan fingerprint density at radius 1 is 1.22 bits per heavy atom. The van der Waals surface area contributed by atoms with Crippen molar-refractivity contribution in [3.05, 3.63) is 30.1 Å². The summed E-state index contributed by atoms with van der Waals surface area (Å²) in [5, 5.41) is 4.76. The van der Waals surface area contributed by atoms with Crippen LogP contribution >= 0.6 is 0 Å². The summed E-state index contributed by atoms with van der Waals surface area (Å²) < 4.78 is 59.6. The molecule has 0 saturated heterocycles. The van der Waals surface area contributed by atoms with Crippen LogP contribution in [-0.4, -0.2) is 29.1 Å². The molecule has 0 saturated carbocycles. The van der Waals surface area contributed by atoms with E-state index in [1.807, 2.05) is 0 Å². The predicted octanol–water partition coefficient (Wildman–Crippen LogP) is -0.217. The number of nitrogens with one attached hydrogen (secondary N) is 1. The van der Waals surface area contributed by atoms with E-state index >= 15 is 0 Å². The van der Waals surface area contributed by atoms with Gasteiger partial charge in [-0.1, -0.05) is 6.07 Å². The summed E-state index contributed by atoms with van der Waals surface area (Å²) in [5.41, 5.74) is 0. The lowest BCUT2D eigenvalue weighted by molar-refractivity contribution is 0.574. The molecule has 0 unspecified atom stereocenters. The fourth-order valence-corrected chi connectivity index (χ4v) is 2.85. The van der Waals surface area contributed by atoms with E-state index in [2.05, 4.69) is 4.72 Å². The van der Waals surface area contributed by atoms with Crippen molar-refractivity contribution >= 4 is 20.0 Å². The smallest absolute Gasteiger partial charge is 0.229 e. The van der Waals surface area contributed by atoms with Crippen LogP contribution in [0.3, 0.4) is 0 Å². The third-order valence-corrected chi connectivity index (χ3v) is 4.32. The Balaban J connectivity index is 2.61. The molecule has 0 aliphatic heterocycles. The number of halogens is 1. The third kappa shape index (κ3) is 5.08. The summed E-state index contributed by atoms with van der Waals surface area (Å²) in [6, 6.07) is 4.52. The quantitative estimate of drug-likeness (QED) is 0.708. The zero-order chi connectivity index (χ0) is 13.8. The average Bonchev–Trinajstić information content (AvgIpc) is 2.23. The molecule has 0 radical (unpaired) electrons. The molecule has 102 valence electrons. The number of hydrogen-bond donors (Lipinski definition) is 2. The lowest BCUT2D eigenvalue weighted by Gasteiger charge is -2.06. The summed E-state index contributed by atoms with van der Waals surface area (Å²) in [4.78, 5) is -0.210. The molecule has 1 rings (SSSR count). The lowest BCUT2D eigenvalue weighted by atomic mass is 10.4. The molecular formula is C9H13FN2O4S2. The SMILES string of the molecule is NS(=O)(=O)CCCNS(=O)(=O)c1cccc(F)c1. The molecule has 1 aromatic carbocycles. The second kappa shape index (κ2) is 5.74. The average molecular weight is 296 g/mol. The van der Waals surface area contributed by atoms with Crippen molar-refractivity contribution in [3.63, 3.8) is 0 Å². The maximum Gasteiger partial charge on any atom is 0.240 e. The maximum absolute atomic E-state index is 12.9. The Hall–Kier alpha value is -1.03. The second-order valence-corrected chi connectivity index (χ2v) is 7.08. The molecule has 9 heteroatoms. The molecule has 6 nitrogen and oxygen atoms in total. The highest BCUT2D eigenvalue weighted by Gasteiger charge is 2.14. The standard InChI is InChI=1S/C9H13FN2O4S2/c10-8-3-1-4-9(7-8)18(15,16)12-5-2-6-17(11,13)14/h1,3-4,7,12H,2,5-6H2,(H2,11,13,14). The van der Waals surface area contributed by atoms with Crippen LogP contribution in [0.1, 0.15) is 6.42 Å². The lowest BCUT2D eigenvalue weighted by Crippen LogP contribution is -2.27. The first kappa shape index (κ1) is 15.0. The molecule has 0 aliphatic rings. The normalized spacial score (nSPS) is 12.6. The number of primary sulfonamides is 1. The topological polar surface area (TPSA) is 106 Å². The van der Waals surface area contributed by atoms with Gasteiger partial charge in [-0.05, 0) is 24.6 Å². The fraction of sp³-hybridized carbons (Fsp3) is 0.333. The van der Waals surface area contributed by atoms with Gasteiger partial charge in [0.2, 0.25) is 20.0 Å². The fourth-order valence-electron chi connectivity index (χ4n) is 1.20. The number of benzene rings is 1.